The SMILES string of the molecule is O=C(O)/C=C/c1ncc(-c2ccc3ncoc3c2)[nH]1. The Morgan fingerprint density at radius 2 is 2.26 bits per heavy atom. The molecule has 6 heteroatoms. The number of nitrogens with zero attached hydrogens (tertiary/aromatic N) is 2. The number of aromatic amines is 1. The minimum atomic E-state index is -1.01. The third kappa shape index (κ3) is 2.23. The van der Waals surface area contributed by atoms with Gasteiger partial charge >= 0.3 is 5.97 Å². The van der Waals surface area contributed by atoms with E-state index in [0.717, 1.165) is 22.9 Å². The highest BCUT2D eigenvalue weighted by atomic mass is 16.4. The summed E-state index contributed by atoms with van der Waals surface area (Å²) < 4.78 is 5.23. The van der Waals surface area contributed by atoms with E-state index in [1.807, 2.05) is 18.2 Å². The Labute approximate surface area is 107 Å². The van der Waals surface area contributed by atoms with Crippen LogP contribution in [0.5, 0.6) is 0 Å². The molecule has 19 heavy (non-hydrogen) atoms. The van der Waals surface area contributed by atoms with E-state index in [1.165, 1.54) is 12.5 Å². The molecule has 2 N–H and O–H groups in total. The van der Waals surface area contributed by atoms with Gasteiger partial charge in [-0.1, -0.05) is 6.07 Å². The van der Waals surface area contributed by atoms with Crippen molar-refractivity contribution in [1.29, 1.82) is 0 Å². The lowest BCUT2D eigenvalue weighted by Crippen LogP contribution is -1.86. The molecule has 3 rings (SSSR count). The first-order valence-electron chi connectivity index (χ1n) is 5.52. The van der Waals surface area contributed by atoms with Gasteiger partial charge in [0.25, 0.3) is 0 Å². The summed E-state index contributed by atoms with van der Waals surface area (Å²) in [6.07, 6.45) is 5.46. The molecule has 2 aromatic heterocycles. The molecule has 0 saturated heterocycles. The van der Waals surface area contributed by atoms with Crippen LogP contribution in [0.4, 0.5) is 0 Å². The maximum absolute atomic E-state index is 10.4. The van der Waals surface area contributed by atoms with Gasteiger partial charge in [-0.05, 0) is 18.2 Å². The first kappa shape index (κ1) is 11.2. The Balaban J connectivity index is 1.95. The number of hydrogen-bond donors (Lipinski definition) is 2. The van der Waals surface area contributed by atoms with Crippen molar-refractivity contribution in [1.82, 2.24) is 15.0 Å². The first-order valence-corrected chi connectivity index (χ1v) is 5.52. The molecule has 0 amide bonds. The van der Waals surface area contributed by atoms with E-state index in [1.54, 1.807) is 6.20 Å². The molecule has 0 unspecified atom stereocenters. The fraction of sp³-hybridized carbons (Fsp3) is 0. The molecule has 2 heterocycles. The minimum absolute atomic E-state index is 0.482. The Morgan fingerprint density at radius 1 is 1.37 bits per heavy atom. The van der Waals surface area contributed by atoms with Gasteiger partial charge in [0.1, 0.15) is 11.3 Å². The molecule has 0 aliphatic carbocycles. The smallest absolute Gasteiger partial charge is 0.328 e. The van der Waals surface area contributed by atoms with Crippen LogP contribution in [0.15, 0.2) is 41.3 Å². The maximum Gasteiger partial charge on any atom is 0.328 e. The van der Waals surface area contributed by atoms with Gasteiger partial charge in [0.05, 0.1) is 11.9 Å². The van der Waals surface area contributed by atoms with E-state index in [-0.39, 0.29) is 0 Å². The Kier molecular flexibility index (Phi) is 2.60. The maximum atomic E-state index is 10.4. The van der Waals surface area contributed by atoms with Gasteiger partial charge in [0.2, 0.25) is 0 Å². The van der Waals surface area contributed by atoms with E-state index in [9.17, 15) is 4.79 Å². The summed E-state index contributed by atoms with van der Waals surface area (Å²) in [5, 5.41) is 8.55. The van der Waals surface area contributed by atoms with Crippen molar-refractivity contribution in [3.63, 3.8) is 0 Å². The Hall–Kier alpha value is -2.89. The van der Waals surface area contributed by atoms with E-state index < -0.39 is 5.97 Å². The number of aliphatic carboxylic acids is 1. The van der Waals surface area contributed by atoms with Crippen molar-refractivity contribution in [2.24, 2.45) is 0 Å². The molecule has 0 aliphatic heterocycles. The van der Waals surface area contributed by atoms with E-state index in [0.29, 0.717) is 11.4 Å². The van der Waals surface area contributed by atoms with E-state index in [2.05, 4.69) is 15.0 Å². The quantitative estimate of drug-likeness (QED) is 0.700. The van der Waals surface area contributed by atoms with Gasteiger partial charge < -0.3 is 14.5 Å². The predicted octanol–water partition coefficient (Wildman–Crippen LogP) is 2.32. The lowest BCUT2D eigenvalue weighted by molar-refractivity contribution is -0.131. The zero-order valence-corrected chi connectivity index (χ0v) is 9.70. The largest absolute Gasteiger partial charge is 0.478 e. The number of carboxylic acids is 1. The van der Waals surface area contributed by atoms with Crippen LogP contribution in [0.3, 0.4) is 0 Å². The lowest BCUT2D eigenvalue weighted by atomic mass is 10.1. The van der Waals surface area contributed by atoms with Crippen LogP contribution in [0.1, 0.15) is 5.82 Å². The third-order valence-corrected chi connectivity index (χ3v) is 2.62. The van der Waals surface area contributed by atoms with Crippen LogP contribution in [0.2, 0.25) is 0 Å². The number of oxazole rings is 1. The molecular formula is C13H9N3O3. The molecule has 0 radical (unpaired) electrons. The second kappa shape index (κ2) is 4.41. The van der Waals surface area contributed by atoms with Crippen LogP contribution in [-0.4, -0.2) is 26.0 Å². The molecule has 1 aromatic carbocycles. The van der Waals surface area contributed by atoms with Gasteiger partial charge in [0.15, 0.2) is 12.0 Å². The number of rotatable bonds is 3. The van der Waals surface area contributed by atoms with E-state index >= 15 is 0 Å². The average Bonchev–Trinajstić information content (AvgIpc) is 3.04. The van der Waals surface area contributed by atoms with Gasteiger partial charge in [-0.25, -0.2) is 14.8 Å². The number of H-pyrrole nitrogens is 1. The number of fused-ring (bicyclic) bond motifs is 1. The molecule has 94 valence electrons. The molecule has 0 atom stereocenters. The van der Waals surface area contributed by atoms with Crippen LogP contribution < -0.4 is 0 Å². The molecular weight excluding hydrogens is 246 g/mol. The molecule has 0 fully saturated rings. The van der Waals surface area contributed by atoms with Crippen molar-refractivity contribution >= 4 is 23.1 Å². The summed E-state index contributed by atoms with van der Waals surface area (Å²) in [6, 6.07) is 5.59. The second-order valence-corrected chi connectivity index (χ2v) is 3.89. The van der Waals surface area contributed by atoms with Gasteiger partial charge in [-0.2, -0.15) is 0 Å². The molecule has 0 bridgehead atoms. The fourth-order valence-electron chi connectivity index (χ4n) is 1.74. The topological polar surface area (TPSA) is 92.0 Å². The summed E-state index contributed by atoms with van der Waals surface area (Å²) in [6.45, 7) is 0. The normalized spacial score (nSPS) is 11.4. The fourth-order valence-corrected chi connectivity index (χ4v) is 1.74. The average molecular weight is 255 g/mol. The second-order valence-electron chi connectivity index (χ2n) is 3.89. The summed E-state index contributed by atoms with van der Waals surface area (Å²) in [5.41, 5.74) is 3.15. The van der Waals surface area contributed by atoms with Crippen LogP contribution in [-0.2, 0) is 4.79 Å². The highest BCUT2D eigenvalue weighted by Crippen LogP contribution is 2.22. The Morgan fingerprint density at radius 3 is 3.11 bits per heavy atom. The highest BCUT2D eigenvalue weighted by Gasteiger charge is 2.05. The third-order valence-electron chi connectivity index (χ3n) is 2.62. The van der Waals surface area contributed by atoms with Crippen molar-refractivity contribution < 1.29 is 14.3 Å². The lowest BCUT2D eigenvalue weighted by Gasteiger charge is -1.96. The number of carboxylic acid groups (broad SMARTS) is 1. The standard InChI is InChI=1S/C13H9N3O3/c17-13(18)4-3-12-14-6-10(16-12)8-1-2-9-11(5-8)19-7-15-9/h1-7H,(H,14,16)(H,17,18)/b4-3+. The number of hydrogen-bond acceptors (Lipinski definition) is 4. The highest BCUT2D eigenvalue weighted by molar-refractivity contribution is 5.85. The number of aromatic nitrogens is 3. The summed E-state index contributed by atoms with van der Waals surface area (Å²) in [5.74, 6) is -0.531. The van der Waals surface area contributed by atoms with Gasteiger partial charge in [0, 0.05) is 11.6 Å². The first-order chi connectivity index (χ1) is 9.22. The number of imidazole rings is 1. The van der Waals surface area contributed by atoms with Crippen LogP contribution >= 0.6 is 0 Å². The molecule has 0 saturated carbocycles. The summed E-state index contributed by atoms with van der Waals surface area (Å²) in [7, 11) is 0. The summed E-state index contributed by atoms with van der Waals surface area (Å²) >= 11 is 0. The van der Waals surface area contributed by atoms with Crippen molar-refractivity contribution in [3.8, 4) is 11.3 Å². The number of nitrogens with one attached hydrogen (secondary N) is 1. The number of benzene rings is 1. The Bertz CT molecular complexity index is 770. The van der Waals surface area contributed by atoms with Crippen LogP contribution in [0.25, 0.3) is 28.4 Å². The van der Waals surface area contributed by atoms with Crippen LogP contribution in [0, 0.1) is 0 Å². The minimum Gasteiger partial charge on any atom is -0.478 e. The number of carbonyl (C=O) groups is 1. The molecule has 0 aliphatic rings. The van der Waals surface area contributed by atoms with Crippen molar-refractivity contribution in [3.05, 3.63) is 42.7 Å². The molecule has 0 spiro atoms. The van der Waals surface area contributed by atoms with Crippen molar-refractivity contribution in [2.75, 3.05) is 0 Å². The van der Waals surface area contributed by atoms with Gasteiger partial charge in [-0.15, -0.1) is 0 Å². The van der Waals surface area contributed by atoms with Crippen molar-refractivity contribution in [2.45, 2.75) is 0 Å². The predicted molar refractivity (Wildman–Crippen MR) is 68.3 cm³/mol. The van der Waals surface area contributed by atoms with E-state index in [4.69, 9.17) is 9.52 Å². The molecule has 6 nitrogen and oxygen atoms in total. The molecule has 3 aromatic rings. The zero-order chi connectivity index (χ0) is 13.2. The zero-order valence-electron chi connectivity index (χ0n) is 9.70. The van der Waals surface area contributed by atoms with Gasteiger partial charge in [-0.3, -0.25) is 0 Å². The summed E-state index contributed by atoms with van der Waals surface area (Å²) in [4.78, 5) is 21.6. The monoisotopic (exact) mass is 255 g/mol.